The summed E-state index contributed by atoms with van der Waals surface area (Å²) >= 11 is 3.43. The van der Waals surface area contributed by atoms with Crippen molar-refractivity contribution in [3.05, 3.63) is 40.8 Å². The van der Waals surface area contributed by atoms with Crippen LogP contribution in [0.15, 0.2) is 39.4 Å². The van der Waals surface area contributed by atoms with Gasteiger partial charge in [-0.1, -0.05) is 28.1 Å². The van der Waals surface area contributed by atoms with Gasteiger partial charge in [0.2, 0.25) is 5.89 Å². The molecule has 0 aliphatic carbocycles. The fourth-order valence-corrected chi connectivity index (χ4v) is 2.46. The van der Waals surface area contributed by atoms with E-state index >= 15 is 0 Å². The van der Waals surface area contributed by atoms with Crippen molar-refractivity contribution in [2.24, 2.45) is 0 Å². The first-order valence-corrected chi connectivity index (χ1v) is 7.24. The molecular weight excluding hydrogens is 306 g/mol. The molecule has 1 saturated heterocycles. The van der Waals surface area contributed by atoms with Crippen LogP contribution in [0.5, 0.6) is 0 Å². The number of hydrogen-bond donors (Lipinski definition) is 1. The molecule has 1 N–H and O–H groups in total. The van der Waals surface area contributed by atoms with Crippen molar-refractivity contribution in [3.63, 3.8) is 0 Å². The van der Waals surface area contributed by atoms with Gasteiger partial charge in [-0.3, -0.25) is 4.90 Å². The molecule has 1 fully saturated rings. The quantitative estimate of drug-likeness (QED) is 0.943. The van der Waals surface area contributed by atoms with Gasteiger partial charge in [-0.05, 0) is 12.1 Å². The lowest BCUT2D eigenvalue weighted by Gasteiger charge is -2.25. The standard InChI is InChI=1S/C14H16BrN3O/c15-12-3-1-11(2-4-12)13-9-17-14(19-13)10-18-7-5-16-6-8-18/h1-4,9,16H,5-8,10H2. The third-order valence-corrected chi connectivity index (χ3v) is 3.78. The SMILES string of the molecule is Brc1ccc(-c2cnc(CN3CCNCC3)o2)cc1. The lowest BCUT2D eigenvalue weighted by Crippen LogP contribution is -2.42. The van der Waals surface area contributed by atoms with Crippen LogP contribution in [0.25, 0.3) is 11.3 Å². The number of hydrogen-bond acceptors (Lipinski definition) is 4. The third-order valence-electron chi connectivity index (χ3n) is 3.25. The lowest BCUT2D eigenvalue weighted by atomic mass is 10.2. The molecule has 1 aromatic heterocycles. The molecule has 1 aromatic carbocycles. The third kappa shape index (κ3) is 3.23. The summed E-state index contributed by atoms with van der Waals surface area (Å²) < 4.78 is 6.89. The number of nitrogens with zero attached hydrogens (tertiary/aromatic N) is 2. The predicted octanol–water partition coefficient (Wildman–Crippen LogP) is 2.51. The molecule has 0 atom stereocenters. The number of piperazine rings is 1. The Morgan fingerprint density at radius 1 is 1.21 bits per heavy atom. The van der Waals surface area contributed by atoms with Gasteiger partial charge in [0, 0.05) is 36.2 Å². The molecule has 0 unspecified atom stereocenters. The molecule has 1 aliphatic heterocycles. The summed E-state index contributed by atoms with van der Waals surface area (Å²) in [5.41, 5.74) is 1.06. The number of aromatic nitrogens is 1. The van der Waals surface area contributed by atoms with Gasteiger partial charge in [-0.2, -0.15) is 0 Å². The van der Waals surface area contributed by atoms with Gasteiger partial charge in [0.1, 0.15) is 0 Å². The Labute approximate surface area is 120 Å². The molecular formula is C14H16BrN3O. The number of nitrogens with one attached hydrogen (secondary N) is 1. The van der Waals surface area contributed by atoms with E-state index in [-0.39, 0.29) is 0 Å². The molecule has 4 nitrogen and oxygen atoms in total. The van der Waals surface area contributed by atoms with Crippen molar-refractivity contribution in [1.82, 2.24) is 15.2 Å². The van der Waals surface area contributed by atoms with Crippen molar-refractivity contribution in [2.45, 2.75) is 6.54 Å². The monoisotopic (exact) mass is 321 g/mol. The predicted molar refractivity (Wildman–Crippen MR) is 77.8 cm³/mol. The molecule has 0 saturated carbocycles. The van der Waals surface area contributed by atoms with Crippen LogP contribution in [0.1, 0.15) is 5.89 Å². The topological polar surface area (TPSA) is 41.3 Å². The second kappa shape index (κ2) is 5.86. The summed E-state index contributed by atoms with van der Waals surface area (Å²) in [7, 11) is 0. The summed E-state index contributed by atoms with van der Waals surface area (Å²) in [5.74, 6) is 1.62. The zero-order chi connectivity index (χ0) is 13.1. The molecule has 5 heteroatoms. The summed E-state index contributed by atoms with van der Waals surface area (Å²) in [6.07, 6.45) is 1.81. The second-order valence-corrected chi connectivity index (χ2v) is 5.57. The zero-order valence-electron chi connectivity index (χ0n) is 10.6. The fourth-order valence-electron chi connectivity index (χ4n) is 2.19. The normalized spacial score (nSPS) is 16.7. The van der Waals surface area contributed by atoms with Crippen molar-refractivity contribution in [1.29, 1.82) is 0 Å². The average molecular weight is 322 g/mol. The smallest absolute Gasteiger partial charge is 0.209 e. The van der Waals surface area contributed by atoms with E-state index in [1.54, 1.807) is 6.20 Å². The molecule has 1 aliphatic rings. The van der Waals surface area contributed by atoms with Gasteiger partial charge in [0.15, 0.2) is 5.76 Å². The molecule has 2 heterocycles. The minimum atomic E-state index is 0.790. The van der Waals surface area contributed by atoms with E-state index in [1.165, 1.54) is 0 Å². The van der Waals surface area contributed by atoms with Crippen LogP contribution >= 0.6 is 15.9 Å². The number of halogens is 1. The molecule has 0 bridgehead atoms. The maximum Gasteiger partial charge on any atom is 0.209 e. The molecule has 2 aromatic rings. The minimum Gasteiger partial charge on any atom is -0.439 e. The van der Waals surface area contributed by atoms with E-state index in [4.69, 9.17) is 4.42 Å². The number of oxazole rings is 1. The summed E-state index contributed by atoms with van der Waals surface area (Å²) in [4.78, 5) is 6.72. The molecule has 3 rings (SSSR count). The number of benzene rings is 1. The molecule has 100 valence electrons. The first kappa shape index (κ1) is 12.8. The van der Waals surface area contributed by atoms with Crippen molar-refractivity contribution in [3.8, 4) is 11.3 Å². The maximum absolute atomic E-state index is 5.82. The Balaban J connectivity index is 1.70. The maximum atomic E-state index is 5.82. The number of rotatable bonds is 3. The van der Waals surface area contributed by atoms with E-state index in [0.29, 0.717) is 0 Å². The summed E-state index contributed by atoms with van der Waals surface area (Å²) in [6.45, 7) is 4.98. The highest BCUT2D eigenvalue weighted by atomic mass is 79.9. The molecule has 0 radical (unpaired) electrons. The van der Waals surface area contributed by atoms with Gasteiger partial charge < -0.3 is 9.73 Å². The van der Waals surface area contributed by atoms with Crippen molar-refractivity contribution >= 4 is 15.9 Å². The Morgan fingerprint density at radius 2 is 1.95 bits per heavy atom. The average Bonchev–Trinajstić information content (AvgIpc) is 2.89. The highest BCUT2D eigenvalue weighted by molar-refractivity contribution is 9.10. The van der Waals surface area contributed by atoms with Crippen molar-refractivity contribution < 1.29 is 4.42 Å². The minimum absolute atomic E-state index is 0.790. The molecule has 19 heavy (non-hydrogen) atoms. The van der Waals surface area contributed by atoms with Crippen LogP contribution in [0.2, 0.25) is 0 Å². The fraction of sp³-hybridized carbons (Fsp3) is 0.357. The first-order valence-electron chi connectivity index (χ1n) is 6.45. The van der Waals surface area contributed by atoms with Gasteiger partial charge in [-0.15, -0.1) is 0 Å². The van der Waals surface area contributed by atoms with Gasteiger partial charge in [-0.25, -0.2) is 4.98 Å². The van der Waals surface area contributed by atoms with Crippen LogP contribution in [0, 0.1) is 0 Å². The second-order valence-electron chi connectivity index (χ2n) is 4.65. The Kier molecular flexibility index (Phi) is 3.96. The Morgan fingerprint density at radius 3 is 2.68 bits per heavy atom. The molecule has 0 amide bonds. The van der Waals surface area contributed by atoms with E-state index < -0.39 is 0 Å². The first-order chi connectivity index (χ1) is 9.31. The van der Waals surface area contributed by atoms with Gasteiger partial charge >= 0.3 is 0 Å². The van der Waals surface area contributed by atoms with Gasteiger partial charge in [0.25, 0.3) is 0 Å². The van der Waals surface area contributed by atoms with Gasteiger partial charge in [0.05, 0.1) is 12.7 Å². The van der Waals surface area contributed by atoms with E-state index in [1.807, 2.05) is 24.3 Å². The van der Waals surface area contributed by atoms with Crippen LogP contribution in [0.3, 0.4) is 0 Å². The Bertz CT molecular complexity index is 532. The van der Waals surface area contributed by atoms with Crippen LogP contribution in [0.4, 0.5) is 0 Å². The largest absolute Gasteiger partial charge is 0.439 e. The van der Waals surface area contributed by atoms with Crippen LogP contribution < -0.4 is 5.32 Å². The van der Waals surface area contributed by atoms with Crippen molar-refractivity contribution in [2.75, 3.05) is 26.2 Å². The Hall–Kier alpha value is -1.17. The van der Waals surface area contributed by atoms with E-state index in [0.717, 1.165) is 54.4 Å². The highest BCUT2D eigenvalue weighted by Crippen LogP contribution is 2.22. The highest BCUT2D eigenvalue weighted by Gasteiger charge is 2.13. The van der Waals surface area contributed by atoms with Crippen LogP contribution in [-0.2, 0) is 6.54 Å². The van der Waals surface area contributed by atoms with E-state index in [9.17, 15) is 0 Å². The van der Waals surface area contributed by atoms with E-state index in [2.05, 4.69) is 31.1 Å². The lowest BCUT2D eigenvalue weighted by molar-refractivity contribution is 0.213. The summed E-state index contributed by atoms with van der Waals surface area (Å²) in [6, 6.07) is 8.07. The molecule has 0 spiro atoms. The zero-order valence-corrected chi connectivity index (χ0v) is 12.2. The summed E-state index contributed by atoms with van der Waals surface area (Å²) in [5, 5.41) is 3.34. The van der Waals surface area contributed by atoms with Crippen LogP contribution in [-0.4, -0.2) is 36.1 Å².